The van der Waals surface area contributed by atoms with E-state index in [1.807, 2.05) is 0 Å². The van der Waals surface area contributed by atoms with Crippen molar-refractivity contribution in [3.8, 4) is 0 Å². The van der Waals surface area contributed by atoms with Gasteiger partial charge in [-0.3, -0.25) is 9.59 Å². The molecule has 1 aliphatic rings. The molecule has 0 saturated heterocycles. The average molecular weight is 468 g/mol. The molecule has 10 heteroatoms. The number of benzene rings is 2. The Morgan fingerprint density at radius 3 is 2.10 bits per heavy atom. The van der Waals surface area contributed by atoms with Crippen molar-refractivity contribution in [2.75, 3.05) is 12.0 Å². The van der Waals surface area contributed by atoms with Crippen LogP contribution in [-0.4, -0.2) is 45.7 Å². The van der Waals surface area contributed by atoms with Crippen LogP contribution in [0.4, 0.5) is 0 Å². The Bertz CT molecular complexity index is 1210. The molecule has 0 spiro atoms. The Balaban J connectivity index is 1.96. The molecule has 168 valence electrons. The topological polar surface area (TPSA) is 115 Å². The minimum Gasteiger partial charge on any atom is -0.266 e. The van der Waals surface area contributed by atoms with Gasteiger partial charge in [0.1, 0.15) is 0 Å². The van der Waals surface area contributed by atoms with Crippen LogP contribution >= 0.6 is 0 Å². The lowest BCUT2D eigenvalue weighted by molar-refractivity contribution is -0.0149. The van der Waals surface area contributed by atoms with E-state index in [1.165, 1.54) is 24.3 Å². The zero-order valence-corrected chi connectivity index (χ0v) is 19.1. The number of unbranched alkanes of at least 4 members (excludes halogenated alkanes) is 5. The van der Waals surface area contributed by atoms with Gasteiger partial charge >= 0.3 is 0 Å². The van der Waals surface area contributed by atoms with Crippen LogP contribution in [0, 0.1) is 0 Å². The Labute approximate surface area is 182 Å². The van der Waals surface area contributed by atoms with Gasteiger partial charge in [0.05, 0.1) is 28.0 Å². The van der Waals surface area contributed by atoms with Crippen molar-refractivity contribution in [1.29, 1.82) is 0 Å². The first-order valence-electron chi connectivity index (χ1n) is 10.1. The minimum absolute atomic E-state index is 0.00682. The molecule has 0 N–H and O–H groups in total. The number of nitrogens with zero attached hydrogens (tertiary/aromatic N) is 1. The molecule has 2 amide bonds. The van der Waals surface area contributed by atoms with Gasteiger partial charge in [0, 0.05) is 10.8 Å². The first-order chi connectivity index (χ1) is 14.6. The van der Waals surface area contributed by atoms with E-state index in [4.69, 9.17) is 0 Å². The molecule has 2 aromatic carbocycles. The third kappa shape index (κ3) is 4.97. The van der Waals surface area contributed by atoms with Crippen molar-refractivity contribution in [3.63, 3.8) is 0 Å². The van der Waals surface area contributed by atoms with Crippen molar-refractivity contribution >= 4 is 42.5 Å². The molecule has 0 aliphatic carbocycles. The molecule has 0 unspecified atom stereocenters. The van der Waals surface area contributed by atoms with Crippen LogP contribution in [0.15, 0.2) is 35.2 Å². The molecule has 0 radical (unpaired) electrons. The zero-order chi connectivity index (χ0) is 22.8. The first-order valence-corrected chi connectivity index (χ1v) is 13.6. The van der Waals surface area contributed by atoms with E-state index >= 15 is 0 Å². The maximum atomic E-state index is 13.0. The first kappa shape index (κ1) is 23.4. The summed E-state index contributed by atoms with van der Waals surface area (Å²) in [6, 6.07) is 7.08. The normalized spacial score (nSPS) is 14.5. The smallest absolute Gasteiger partial charge is 0.266 e. The van der Waals surface area contributed by atoms with Crippen LogP contribution in [0.5, 0.6) is 0 Å². The van der Waals surface area contributed by atoms with Gasteiger partial charge in [0.2, 0.25) is 0 Å². The van der Waals surface area contributed by atoms with Gasteiger partial charge in [0.25, 0.3) is 21.9 Å². The lowest BCUT2D eigenvalue weighted by Crippen LogP contribution is -2.41. The van der Waals surface area contributed by atoms with Gasteiger partial charge in [-0.25, -0.2) is 8.42 Å². The highest BCUT2D eigenvalue weighted by Crippen LogP contribution is 2.35. The SMILES string of the molecule is CCCCCCCCS(=O)(=O)c1ccc2c3c(cccc13)C(=O)N(OS(C)(=O)=O)C2=O. The van der Waals surface area contributed by atoms with Crippen molar-refractivity contribution in [3.05, 3.63) is 41.5 Å². The van der Waals surface area contributed by atoms with Gasteiger partial charge < -0.3 is 0 Å². The van der Waals surface area contributed by atoms with Gasteiger partial charge in [-0.1, -0.05) is 51.2 Å². The Morgan fingerprint density at radius 2 is 1.45 bits per heavy atom. The van der Waals surface area contributed by atoms with Gasteiger partial charge in [-0.2, -0.15) is 8.42 Å². The molecular formula is C21H25NO7S2. The lowest BCUT2D eigenvalue weighted by Gasteiger charge is -2.25. The average Bonchev–Trinajstić information content (AvgIpc) is 2.70. The Morgan fingerprint density at radius 1 is 0.839 bits per heavy atom. The lowest BCUT2D eigenvalue weighted by atomic mass is 9.95. The van der Waals surface area contributed by atoms with Crippen LogP contribution < -0.4 is 0 Å². The van der Waals surface area contributed by atoms with Gasteiger partial charge in [0.15, 0.2) is 9.84 Å². The van der Waals surface area contributed by atoms with E-state index in [9.17, 15) is 26.4 Å². The fourth-order valence-corrected chi connectivity index (χ4v) is 5.69. The summed E-state index contributed by atoms with van der Waals surface area (Å²) in [5.41, 5.74) is 0.0136. The number of hydroxylamine groups is 2. The molecule has 0 bridgehead atoms. The quantitative estimate of drug-likeness (QED) is 0.388. The molecule has 0 fully saturated rings. The molecule has 2 aromatic rings. The fourth-order valence-electron chi connectivity index (χ4n) is 3.70. The summed E-state index contributed by atoms with van der Waals surface area (Å²) >= 11 is 0. The third-order valence-corrected chi connectivity index (χ3v) is 7.41. The van der Waals surface area contributed by atoms with Crippen molar-refractivity contribution in [2.24, 2.45) is 0 Å². The van der Waals surface area contributed by atoms with Gasteiger partial charge in [-0.15, -0.1) is 9.35 Å². The second-order valence-corrected chi connectivity index (χ2v) is 11.2. The molecular weight excluding hydrogens is 442 g/mol. The number of carbonyl (C=O) groups excluding carboxylic acids is 2. The fraction of sp³-hybridized carbons (Fsp3) is 0.429. The van der Waals surface area contributed by atoms with E-state index in [2.05, 4.69) is 11.2 Å². The number of sulfone groups is 1. The molecule has 31 heavy (non-hydrogen) atoms. The third-order valence-electron chi connectivity index (χ3n) is 5.14. The molecule has 1 heterocycles. The van der Waals surface area contributed by atoms with Crippen LogP contribution in [0.2, 0.25) is 0 Å². The summed E-state index contributed by atoms with van der Waals surface area (Å²) in [6.07, 6.45) is 6.37. The van der Waals surface area contributed by atoms with Crippen molar-refractivity contribution in [2.45, 2.75) is 50.3 Å². The second-order valence-electron chi connectivity index (χ2n) is 7.61. The summed E-state index contributed by atoms with van der Waals surface area (Å²) in [6.45, 7) is 2.12. The predicted octanol–water partition coefficient (Wildman–Crippen LogP) is 3.46. The molecule has 0 saturated carbocycles. The van der Waals surface area contributed by atoms with E-state index in [0.29, 0.717) is 6.42 Å². The highest BCUT2D eigenvalue weighted by atomic mass is 32.2. The number of imide groups is 1. The molecule has 8 nitrogen and oxygen atoms in total. The summed E-state index contributed by atoms with van der Waals surface area (Å²) in [5.74, 6) is -1.94. The minimum atomic E-state index is -4.12. The van der Waals surface area contributed by atoms with E-state index in [0.717, 1.165) is 38.4 Å². The van der Waals surface area contributed by atoms with E-state index in [-0.39, 0.29) is 37.6 Å². The Kier molecular flexibility index (Phi) is 6.82. The summed E-state index contributed by atoms with van der Waals surface area (Å²) in [7, 11) is -7.76. The largest absolute Gasteiger partial charge is 0.286 e. The zero-order valence-electron chi connectivity index (χ0n) is 17.5. The molecule has 1 aliphatic heterocycles. The van der Waals surface area contributed by atoms with Crippen LogP contribution in [0.1, 0.15) is 66.2 Å². The van der Waals surface area contributed by atoms with Gasteiger partial charge in [-0.05, 0) is 24.6 Å². The molecule has 0 atom stereocenters. The number of carbonyl (C=O) groups is 2. The number of hydrogen-bond donors (Lipinski definition) is 0. The monoisotopic (exact) mass is 467 g/mol. The Hall–Kier alpha value is -2.30. The highest BCUT2D eigenvalue weighted by Gasteiger charge is 2.37. The standard InChI is InChI=1S/C21H25NO7S2/c1-3-4-5-6-7-8-14-31(27,28)18-13-12-17-19-15(18)10-9-11-16(19)20(23)22(21(17)24)29-30(2,25)26/h9-13H,3-8,14H2,1-2H3. The van der Waals surface area contributed by atoms with Crippen LogP contribution in [-0.2, 0) is 24.2 Å². The number of rotatable bonds is 10. The van der Waals surface area contributed by atoms with E-state index < -0.39 is 31.8 Å². The molecule has 0 aromatic heterocycles. The van der Waals surface area contributed by atoms with Crippen LogP contribution in [0.25, 0.3) is 10.8 Å². The maximum Gasteiger partial charge on any atom is 0.286 e. The summed E-state index contributed by atoms with van der Waals surface area (Å²) < 4.78 is 53.5. The van der Waals surface area contributed by atoms with Crippen molar-refractivity contribution < 1.29 is 30.7 Å². The van der Waals surface area contributed by atoms with E-state index in [1.54, 1.807) is 6.07 Å². The number of hydrogen-bond acceptors (Lipinski definition) is 7. The molecule has 3 rings (SSSR count). The second kappa shape index (κ2) is 9.05. The summed E-state index contributed by atoms with van der Waals surface area (Å²) in [4.78, 5) is 25.5. The highest BCUT2D eigenvalue weighted by molar-refractivity contribution is 7.91. The predicted molar refractivity (Wildman–Crippen MR) is 116 cm³/mol. The summed E-state index contributed by atoms with van der Waals surface area (Å²) in [5, 5.41) is 0.647. The number of amides is 2. The maximum absolute atomic E-state index is 13.0. The van der Waals surface area contributed by atoms with Crippen LogP contribution in [0.3, 0.4) is 0 Å². The van der Waals surface area contributed by atoms with Crippen molar-refractivity contribution in [1.82, 2.24) is 5.06 Å².